The van der Waals surface area contributed by atoms with Gasteiger partial charge in [-0.05, 0) is 18.9 Å². The predicted octanol–water partition coefficient (Wildman–Crippen LogP) is 1.66. The molecule has 112 valence electrons. The molecule has 2 aromatic heterocycles. The molecular formula is C14H19FN6. The maximum absolute atomic E-state index is 13.6. The summed E-state index contributed by atoms with van der Waals surface area (Å²) in [4.78, 5) is 6.39. The Morgan fingerprint density at radius 3 is 3.19 bits per heavy atom. The van der Waals surface area contributed by atoms with E-state index >= 15 is 0 Å². The Morgan fingerprint density at radius 1 is 1.52 bits per heavy atom. The molecule has 0 bridgehead atoms. The van der Waals surface area contributed by atoms with Crippen molar-refractivity contribution in [1.29, 1.82) is 0 Å². The zero-order valence-electron chi connectivity index (χ0n) is 11.7. The van der Waals surface area contributed by atoms with E-state index in [1.807, 2.05) is 6.07 Å². The second-order valence-electron chi connectivity index (χ2n) is 5.10. The van der Waals surface area contributed by atoms with Crippen LogP contribution in [-0.2, 0) is 0 Å². The van der Waals surface area contributed by atoms with Gasteiger partial charge in [-0.2, -0.15) is 5.10 Å². The third-order valence-corrected chi connectivity index (χ3v) is 3.73. The maximum Gasteiger partial charge on any atom is 0.142 e. The second kappa shape index (κ2) is 6.09. The van der Waals surface area contributed by atoms with Gasteiger partial charge in [0.25, 0.3) is 0 Å². The lowest BCUT2D eigenvalue weighted by atomic mass is 10.1. The first-order chi connectivity index (χ1) is 10.3. The standard InChI is InChI=1S/C14H19FN6/c15-10-8-11(14(18-9-10)17-6-4-16)12-2-1-7-21(12)13-3-5-19-20-13/h3,5,8-9,12H,1-2,4,6-7,16H2,(H,17,18)(H,19,20)/t12-/m1/s1. The minimum atomic E-state index is -0.320. The zero-order valence-corrected chi connectivity index (χ0v) is 11.7. The predicted molar refractivity (Wildman–Crippen MR) is 79.6 cm³/mol. The normalized spacial score (nSPS) is 18.2. The average Bonchev–Trinajstić information content (AvgIpc) is 3.16. The van der Waals surface area contributed by atoms with Gasteiger partial charge in [-0.3, -0.25) is 5.10 Å². The largest absolute Gasteiger partial charge is 0.369 e. The molecule has 21 heavy (non-hydrogen) atoms. The quantitative estimate of drug-likeness (QED) is 0.780. The highest BCUT2D eigenvalue weighted by molar-refractivity contribution is 5.52. The highest BCUT2D eigenvalue weighted by atomic mass is 19.1. The summed E-state index contributed by atoms with van der Waals surface area (Å²) in [6, 6.07) is 3.58. The summed E-state index contributed by atoms with van der Waals surface area (Å²) in [7, 11) is 0. The molecule has 0 saturated carbocycles. The van der Waals surface area contributed by atoms with Gasteiger partial charge in [-0.25, -0.2) is 9.37 Å². The first-order valence-electron chi connectivity index (χ1n) is 7.15. The molecule has 1 aliphatic rings. The number of nitrogens with one attached hydrogen (secondary N) is 2. The van der Waals surface area contributed by atoms with E-state index in [1.54, 1.807) is 12.3 Å². The molecule has 7 heteroatoms. The monoisotopic (exact) mass is 290 g/mol. The minimum absolute atomic E-state index is 0.0916. The van der Waals surface area contributed by atoms with E-state index in [-0.39, 0.29) is 11.9 Å². The molecule has 1 aliphatic heterocycles. The van der Waals surface area contributed by atoms with E-state index in [4.69, 9.17) is 5.73 Å². The second-order valence-corrected chi connectivity index (χ2v) is 5.10. The van der Waals surface area contributed by atoms with E-state index in [0.29, 0.717) is 18.9 Å². The van der Waals surface area contributed by atoms with Crippen LogP contribution in [0.4, 0.5) is 16.0 Å². The van der Waals surface area contributed by atoms with Crippen molar-refractivity contribution in [1.82, 2.24) is 15.2 Å². The SMILES string of the molecule is NCCNc1ncc(F)cc1[C@H]1CCCN1c1ccn[nH]1. The molecule has 6 nitrogen and oxygen atoms in total. The fraction of sp³-hybridized carbons (Fsp3) is 0.429. The number of halogens is 1. The summed E-state index contributed by atoms with van der Waals surface area (Å²) in [5, 5.41) is 10.2. The lowest BCUT2D eigenvalue weighted by Gasteiger charge is -2.26. The Morgan fingerprint density at radius 2 is 2.43 bits per heavy atom. The van der Waals surface area contributed by atoms with Crippen molar-refractivity contribution in [2.24, 2.45) is 5.73 Å². The van der Waals surface area contributed by atoms with Crippen LogP contribution in [0.15, 0.2) is 24.5 Å². The lowest BCUT2D eigenvalue weighted by Crippen LogP contribution is -2.25. The fourth-order valence-corrected chi connectivity index (χ4v) is 2.83. The Hall–Kier alpha value is -2.15. The number of nitrogens with zero attached hydrogens (tertiary/aromatic N) is 3. The van der Waals surface area contributed by atoms with E-state index in [1.165, 1.54) is 6.20 Å². The number of nitrogens with two attached hydrogens (primary N) is 1. The molecule has 1 saturated heterocycles. The van der Waals surface area contributed by atoms with Crippen LogP contribution in [-0.4, -0.2) is 34.8 Å². The molecule has 3 rings (SSSR count). The van der Waals surface area contributed by atoms with Gasteiger partial charge in [-0.15, -0.1) is 0 Å². The van der Waals surface area contributed by atoms with Gasteiger partial charge in [0.2, 0.25) is 0 Å². The summed E-state index contributed by atoms with van der Waals surface area (Å²) in [5.41, 5.74) is 6.40. The molecule has 0 spiro atoms. The van der Waals surface area contributed by atoms with Crippen LogP contribution in [0.25, 0.3) is 0 Å². The van der Waals surface area contributed by atoms with Crippen molar-refractivity contribution >= 4 is 11.6 Å². The number of anilines is 2. The van der Waals surface area contributed by atoms with Gasteiger partial charge in [0.05, 0.1) is 18.4 Å². The fourth-order valence-electron chi connectivity index (χ4n) is 2.83. The first-order valence-corrected chi connectivity index (χ1v) is 7.15. The molecule has 1 atom stereocenters. The Kier molecular flexibility index (Phi) is 4.01. The number of aromatic nitrogens is 3. The average molecular weight is 290 g/mol. The topological polar surface area (TPSA) is 82.9 Å². The number of aromatic amines is 1. The molecule has 2 aromatic rings. The van der Waals surface area contributed by atoms with E-state index < -0.39 is 0 Å². The van der Waals surface area contributed by atoms with Crippen LogP contribution in [0.5, 0.6) is 0 Å². The summed E-state index contributed by atoms with van der Waals surface area (Å²) in [5.74, 6) is 1.34. The summed E-state index contributed by atoms with van der Waals surface area (Å²) in [6.07, 6.45) is 4.97. The highest BCUT2D eigenvalue weighted by Gasteiger charge is 2.29. The molecule has 0 unspecified atom stereocenters. The van der Waals surface area contributed by atoms with Gasteiger partial charge in [-0.1, -0.05) is 0 Å². The number of pyridine rings is 1. The minimum Gasteiger partial charge on any atom is -0.369 e. The molecule has 3 heterocycles. The van der Waals surface area contributed by atoms with Crippen molar-refractivity contribution in [3.05, 3.63) is 35.9 Å². The number of hydrogen-bond acceptors (Lipinski definition) is 5. The Bertz CT molecular complexity index is 585. The first kappa shape index (κ1) is 13.8. The van der Waals surface area contributed by atoms with Crippen molar-refractivity contribution in [2.75, 3.05) is 29.9 Å². The summed E-state index contributed by atoms with van der Waals surface area (Å²) < 4.78 is 13.6. The lowest BCUT2D eigenvalue weighted by molar-refractivity contribution is 0.611. The molecular weight excluding hydrogens is 271 g/mol. The third-order valence-electron chi connectivity index (χ3n) is 3.73. The van der Waals surface area contributed by atoms with Crippen LogP contribution >= 0.6 is 0 Å². The molecule has 4 N–H and O–H groups in total. The zero-order chi connectivity index (χ0) is 14.7. The van der Waals surface area contributed by atoms with Gasteiger partial charge in [0, 0.05) is 31.3 Å². The number of rotatable bonds is 5. The molecule has 0 aromatic carbocycles. The third kappa shape index (κ3) is 2.82. The van der Waals surface area contributed by atoms with E-state index in [2.05, 4.69) is 25.4 Å². The number of hydrogen-bond donors (Lipinski definition) is 3. The van der Waals surface area contributed by atoms with Crippen molar-refractivity contribution in [3.8, 4) is 0 Å². The van der Waals surface area contributed by atoms with Crippen LogP contribution < -0.4 is 16.0 Å². The van der Waals surface area contributed by atoms with Gasteiger partial charge in [0.15, 0.2) is 0 Å². The van der Waals surface area contributed by atoms with Gasteiger partial charge >= 0.3 is 0 Å². The van der Waals surface area contributed by atoms with Crippen LogP contribution in [0.1, 0.15) is 24.4 Å². The molecule has 0 amide bonds. The smallest absolute Gasteiger partial charge is 0.142 e. The molecule has 1 fully saturated rings. The van der Waals surface area contributed by atoms with Crippen LogP contribution in [0.2, 0.25) is 0 Å². The Labute approximate surface area is 122 Å². The van der Waals surface area contributed by atoms with E-state index in [9.17, 15) is 4.39 Å². The molecule has 0 aliphatic carbocycles. The van der Waals surface area contributed by atoms with Crippen molar-refractivity contribution < 1.29 is 4.39 Å². The van der Waals surface area contributed by atoms with E-state index in [0.717, 1.165) is 30.8 Å². The van der Waals surface area contributed by atoms with Crippen molar-refractivity contribution in [3.63, 3.8) is 0 Å². The van der Waals surface area contributed by atoms with Crippen LogP contribution in [0.3, 0.4) is 0 Å². The van der Waals surface area contributed by atoms with Gasteiger partial charge in [0.1, 0.15) is 17.5 Å². The summed E-state index contributed by atoms with van der Waals surface area (Å²) in [6.45, 7) is 2.04. The number of H-pyrrole nitrogens is 1. The Balaban J connectivity index is 1.92. The molecule has 0 radical (unpaired) electrons. The maximum atomic E-state index is 13.6. The highest BCUT2D eigenvalue weighted by Crippen LogP contribution is 2.37. The van der Waals surface area contributed by atoms with Crippen molar-refractivity contribution in [2.45, 2.75) is 18.9 Å². The van der Waals surface area contributed by atoms with Crippen LogP contribution in [0, 0.1) is 5.82 Å². The van der Waals surface area contributed by atoms with Gasteiger partial charge < -0.3 is 16.0 Å². The summed E-state index contributed by atoms with van der Waals surface area (Å²) >= 11 is 0.